The van der Waals surface area contributed by atoms with Gasteiger partial charge in [0.05, 0.1) is 12.2 Å². The molecule has 0 aliphatic heterocycles. The molecule has 0 saturated heterocycles. The van der Waals surface area contributed by atoms with Crippen LogP contribution in [0.15, 0.2) is 18.3 Å². The van der Waals surface area contributed by atoms with E-state index in [2.05, 4.69) is 20.1 Å². The zero-order chi connectivity index (χ0) is 22.3. The van der Waals surface area contributed by atoms with Gasteiger partial charge in [0.2, 0.25) is 0 Å². The van der Waals surface area contributed by atoms with Crippen LogP contribution in [0.25, 0.3) is 11.3 Å². The van der Waals surface area contributed by atoms with Crippen molar-refractivity contribution in [1.29, 1.82) is 0 Å². The first-order valence-electron chi connectivity index (χ1n) is 10.2. The minimum atomic E-state index is -4.88. The zero-order valence-electron chi connectivity index (χ0n) is 16.8. The zero-order valence-corrected chi connectivity index (χ0v) is 16.8. The van der Waals surface area contributed by atoms with E-state index >= 15 is 0 Å². The number of nitrogens with two attached hydrogens (primary N) is 1. The van der Waals surface area contributed by atoms with E-state index in [4.69, 9.17) is 5.73 Å². The molecule has 2 aromatic rings. The number of pyridine rings is 1. The summed E-state index contributed by atoms with van der Waals surface area (Å²) in [6.07, 6.45) is -5.05. The Morgan fingerprint density at radius 3 is 2.65 bits per heavy atom. The molecule has 3 N–H and O–H groups in total. The van der Waals surface area contributed by atoms with Crippen molar-refractivity contribution in [2.45, 2.75) is 50.6 Å². The highest BCUT2D eigenvalue weighted by Gasteiger charge is 2.93. The average Bonchev–Trinajstić information content (AvgIpc) is 3.24. The van der Waals surface area contributed by atoms with Crippen LogP contribution in [0.2, 0.25) is 0 Å². The van der Waals surface area contributed by atoms with Gasteiger partial charge in [-0.1, -0.05) is 0 Å². The molecule has 31 heavy (non-hydrogen) atoms. The minimum absolute atomic E-state index is 0.0273. The number of nitrogens with one attached hydrogen (secondary N) is 1. The van der Waals surface area contributed by atoms with Crippen LogP contribution in [-0.2, 0) is 5.41 Å². The molecule has 0 aromatic carbocycles. The van der Waals surface area contributed by atoms with Crippen molar-refractivity contribution in [3.05, 3.63) is 24.0 Å². The summed E-state index contributed by atoms with van der Waals surface area (Å²) in [5.74, 6) is 0.253. The summed E-state index contributed by atoms with van der Waals surface area (Å²) in [5, 5.41) is 7.62. The van der Waals surface area contributed by atoms with Gasteiger partial charge in [-0.2, -0.15) is 5.10 Å². The number of anilines is 1. The van der Waals surface area contributed by atoms with Crippen LogP contribution in [0.3, 0.4) is 0 Å². The third kappa shape index (κ3) is 3.07. The van der Waals surface area contributed by atoms with Gasteiger partial charge in [0.25, 0.3) is 6.43 Å². The lowest BCUT2D eigenvalue weighted by Gasteiger charge is -2.16. The number of ether oxygens (including phenoxy) is 1. The van der Waals surface area contributed by atoms with Crippen LogP contribution in [0, 0.1) is 17.8 Å². The summed E-state index contributed by atoms with van der Waals surface area (Å²) in [6.45, 7) is 3.64. The number of fused-ring (bicyclic) bond motifs is 1. The molecular formula is C20H22F5N5O. The fourth-order valence-electron chi connectivity index (χ4n) is 5.74. The van der Waals surface area contributed by atoms with E-state index in [1.807, 2.05) is 24.6 Å². The Hall–Kier alpha value is -2.43. The first-order chi connectivity index (χ1) is 14.5. The van der Waals surface area contributed by atoms with Crippen LogP contribution < -0.4 is 15.8 Å². The molecule has 4 saturated carbocycles. The van der Waals surface area contributed by atoms with E-state index in [-0.39, 0.29) is 29.9 Å². The van der Waals surface area contributed by atoms with Gasteiger partial charge in [0.1, 0.15) is 0 Å². The molecule has 2 aromatic heterocycles. The Bertz CT molecular complexity index is 1020. The summed E-state index contributed by atoms with van der Waals surface area (Å²) in [6, 6.07) is 3.16. The third-order valence-electron chi connectivity index (χ3n) is 6.87. The molecular weight excluding hydrogens is 421 g/mol. The predicted octanol–water partition coefficient (Wildman–Crippen LogP) is 3.75. The van der Waals surface area contributed by atoms with E-state index in [1.54, 1.807) is 0 Å². The molecule has 0 amide bonds. The van der Waals surface area contributed by atoms with Crippen molar-refractivity contribution in [3.8, 4) is 17.0 Å². The Kier molecular flexibility index (Phi) is 4.32. The number of nitrogens with zero attached hydrogens (tertiary/aromatic N) is 3. The van der Waals surface area contributed by atoms with Crippen molar-refractivity contribution >= 4 is 5.82 Å². The van der Waals surface area contributed by atoms with Crippen LogP contribution in [0.1, 0.15) is 32.0 Å². The minimum Gasteiger partial charge on any atom is -0.402 e. The molecule has 6 nitrogen and oxygen atoms in total. The molecule has 4 aliphatic rings. The topological polar surface area (TPSA) is 78.0 Å². The second-order valence-corrected chi connectivity index (χ2v) is 8.84. The molecule has 2 heterocycles. The Balaban J connectivity index is 1.45. The van der Waals surface area contributed by atoms with Crippen molar-refractivity contribution in [2.75, 3.05) is 12.3 Å². The van der Waals surface area contributed by atoms with Crippen LogP contribution in [-0.4, -0.2) is 40.1 Å². The first kappa shape index (κ1) is 20.5. The molecule has 0 radical (unpaired) electrons. The van der Waals surface area contributed by atoms with Gasteiger partial charge in [-0.3, -0.25) is 4.68 Å². The van der Waals surface area contributed by atoms with Crippen LogP contribution in [0.5, 0.6) is 5.75 Å². The van der Waals surface area contributed by atoms with Gasteiger partial charge < -0.3 is 15.8 Å². The fraction of sp³-hybridized carbons (Fsp3) is 0.600. The molecule has 11 heteroatoms. The smallest absolute Gasteiger partial charge is 0.402 e. The number of aromatic nitrogens is 3. The Morgan fingerprint density at radius 2 is 2.03 bits per heavy atom. The van der Waals surface area contributed by atoms with Crippen molar-refractivity contribution < 1.29 is 26.7 Å². The third-order valence-corrected chi connectivity index (χ3v) is 6.87. The standard InChI is InChI=1S/C20H22F5N5O/c1-8(2)30-14(19-10-4-12(17(19)16(10)19)27-7-15(21)22)5-11(29-30)9-3-13(18(26)28-6-9)31-20(23,24)25/h3,5-6,8,10,12,15-17,27H,4,7H2,1-2H3,(H2,26,28)/t10-,12+,16-,17?,19-/m1/s1. The van der Waals surface area contributed by atoms with Crippen LogP contribution >= 0.6 is 0 Å². The van der Waals surface area contributed by atoms with E-state index in [9.17, 15) is 22.0 Å². The normalized spacial score (nSPS) is 30.7. The van der Waals surface area contributed by atoms with Gasteiger partial charge in [0.15, 0.2) is 11.6 Å². The second kappa shape index (κ2) is 6.54. The monoisotopic (exact) mass is 443 g/mol. The highest BCUT2D eigenvalue weighted by atomic mass is 19.4. The van der Waals surface area contributed by atoms with Gasteiger partial charge in [-0.15, -0.1) is 13.2 Å². The van der Waals surface area contributed by atoms with Gasteiger partial charge in [0, 0.05) is 35.0 Å². The SMILES string of the molecule is CC(C)n1nc(-c2cnc(N)c(OC(F)(F)F)c2)cc1[C@]12C3[C@@H](NCC(F)F)C[C@@H]1[C@H]32. The van der Waals surface area contributed by atoms with E-state index in [0.717, 1.165) is 12.1 Å². The van der Waals surface area contributed by atoms with Gasteiger partial charge in [-0.25, -0.2) is 13.8 Å². The van der Waals surface area contributed by atoms with Crippen LogP contribution in [0.4, 0.5) is 27.8 Å². The molecule has 168 valence electrons. The lowest BCUT2D eigenvalue weighted by atomic mass is 10.00. The highest BCUT2D eigenvalue weighted by Crippen LogP contribution is 2.90. The molecule has 1 unspecified atom stereocenters. The molecule has 4 aliphatic carbocycles. The molecule has 4 fully saturated rings. The first-order valence-corrected chi connectivity index (χ1v) is 10.2. The Morgan fingerprint density at radius 1 is 1.29 bits per heavy atom. The molecule has 5 atom stereocenters. The number of hydrogen-bond acceptors (Lipinski definition) is 5. The number of rotatable bonds is 7. The summed E-state index contributed by atoms with van der Waals surface area (Å²) >= 11 is 0. The number of alkyl halides is 5. The number of halogens is 5. The fourth-order valence-corrected chi connectivity index (χ4v) is 5.74. The van der Waals surface area contributed by atoms with Crippen molar-refractivity contribution in [1.82, 2.24) is 20.1 Å². The average molecular weight is 443 g/mol. The Labute approximate surface area is 175 Å². The lowest BCUT2D eigenvalue weighted by Crippen LogP contribution is -2.33. The maximum atomic E-state index is 12.7. The van der Waals surface area contributed by atoms with Gasteiger partial charge in [-0.05, 0) is 50.2 Å². The summed E-state index contributed by atoms with van der Waals surface area (Å²) < 4.78 is 69.1. The van der Waals surface area contributed by atoms with E-state index in [1.165, 1.54) is 12.3 Å². The molecule has 2 bridgehead atoms. The maximum Gasteiger partial charge on any atom is 0.573 e. The number of nitrogen functional groups attached to an aromatic ring is 1. The predicted molar refractivity (Wildman–Crippen MR) is 101 cm³/mol. The highest BCUT2D eigenvalue weighted by molar-refractivity contribution is 5.66. The van der Waals surface area contributed by atoms with Crippen molar-refractivity contribution in [3.63, 3.8) is 0 Å². The van der Waals surface area contributed by atoms with E-state index in [0.29, 0.717) is 29.0 Å². The van der Waals surface area contributed by atoms with E-state index < -0.39 is 18.5 Å². The maximum absolute atomic E-state index is 12.7. The largest absolute Gasteiger partial charge is 0.573 e. The number of hydrogen-bond donors (Lipinski definition) is 2. The summed E-state index contributed by atoms with van der Waals surface area (Å²) in [4.78, 5) is 3.83. The summed E-state index contributed by atoms with van der Waals surface area (Å²) in [5.41, 5.74) is 7.31. The quantitative estimate of drug-likeness (QED) is 0.638. The molecule has 0 spiro atoms. The molecule has 6 rings (SSSR count). The lowest BCUT2D eigenvalue weighted by molar-refractivity contribution is -0.274. The van der Waals surface area contributed by atoms with Gasteiger partial charge >= 0.3 is 6.36 Å². The second-order valence-electron chi connectivity index (χ2n) is 8.84. The summed E-state index contributed by atoms with van der Waals surface area (Å²) in [7, 11) is 0. The van der Waals surface area contributed by atoms with Crippen molar-refractivity contribution in [2.24, 2.45) is 17.8 Å².